The van der Waals surface area contributed by atoms with E-state index in [1.54, 1.807) is 23.5 Å². The molecule has 0 radical (unpaired) electrons. The number of thiophene rings is 1. The van der Waals surface area contributed by atoms with Crippen LogP contribution >= 0.6 is 11.3 Å². The number of hydrogen-bond acceptors (Lipinski definition) is 2. The highest BCUT2D eigenvalue weighted by Gasteiger charge is 1.98. The van der Waals surface area contributed by atoms with E-state index in [1.165, 1.54) is 0 Å². The summed E-state index contributed by atoms with van der Waals surface area (Å²) in [6.45, 7) is 5.81. The van der Waals surface area contributed by atoms with E-state index in [4.69, 9.17) is 0 Å². The number of carbonyl (C=O) groups is 1. The van der Waals surface area contributed by atoms with Crippen LogP contribution in [0.2, 0.25) is 0 Å². The number of carbonyl (C=O) groups excluding carboxylic acids is 1. The summed E-state index contributed by atoms with van der Waals surface area (Å²) in [5, 5.41) is 2.01. The van der Waals surface area contributed by atoms with E-state index in [9.17, 15) is 4.79 Å². The van der Waals surface area contributed by atoms with Gasteiger partial charge in [-0.25, -0.2) is 0 Å². The van der Waals surface area contributed by atoms with E-state index in [0.29, 0.717) is 0 Å². The maximum Gasteiger partial charge on any atom is 0.178 e. The van der Waals surface area contributed by atoms with Gasteiger partial charge in [0.05, 0.1) is 0 Å². The Labute approximate surface area is 88.8 Å². The molecular formula is C12H14OS. The molecule has 0 unspecified atom stereocenters. The van der Waals surface area contributed by atoms with Crippen LogP contribution < -0.4 is 0 Å². The first-order chi connectivity index (χ1) is 6.59. The summed E-state index contributed by atoms with van der Waals surface area (Å²) in [5.74, 6) is 0.0656. The van der Waals surface area contributed by atoms with Gasteiger partial charge in [-0.1, -0.05) is 11.6 Å². The van der Waals surface area contributed by atoms with E-state index in [1.807, 2.05) is 38.3 Å². The third kappa shape index (κ3) is 3.30. The molecule has 1 heterocycles. The monoisotopic (exact) mass is 206 g/mol. The van der Waals surface area contributed by atoms with Gasteiger partial charge in [-0.3, -0.25) is 4.79 Å². The van der Waals surface area contributed by atoms with Crippen molar-refractivity contribution in [3.63, 3.8) is 0 Å². The Morgan fingerprint density at radius 1 is 1.29 bits per heavy atom. The Morgan fingerprint density at radius 3 is 2.50 bits per heavy atom. The molecule has 1 aromatic heterocycles. The summed E-state index contributed by atoms with van der Waals surface area (Å²) in [5.41, 5.74) is 2.06. The molecule has 0 aliphatic heterocycles. The van der Waals surface area contributed by atoms with Crippen molar-refractivity contribution >= 4 is 22.7 Å². The summed E-state index contributed by atoms with van der Waals surface area (Å²) in [6.07, 6.45) is 3.33. The molecule has 0 fully saturated rings. The van der Waals surface area contributed by atoms with Crippen LogP contribution in [-0.2, 0) is 4.79 Å². The van der Waals surface area contributed by atoms with Crippen molar-refractivity contribution < 1.29 is 4.79 Å². The van der Waals surface area contributed by atoms with Gasteiger partial charge in [0, 0.05) is 4.88 Å². The highest BCUT2D eigenvalue weighted by molar-refractivity contribution is 7.11. The van der Waals surface area contributed by atoms with Crippen molar-refractivity contribution in [2.75, 3.05) is 0 Å². The lowest BCUT2D eigenvalue weighted by Gasteiger charge is -1.94. The molecule has 0 atom stereocenters. The minimum Gasteiger partial charge on any atom is -0.290 e. The van der Waals surface area contributed by atoms with Gasteiger partial charge in [0.1, 0.15) is 0 Å². The van der Waals surface area contributed by atoms with E-state index in [2.05, 4.69) is 0 Å². The predicted molar refractivity (Wildman–Crippen MR) is 62.4 cm³/mol. The molecule has 1 rings (SSSR count). The first-order valence-corrected chi connectivity index (χ1v) is 5.38. The highest BCUT2D eigenvalue weighted by Crippen LogP contribution is 2.19. The largest absolute Gasteiger partial charge is 0.290 e. The Bertz CT molecular complexity index is 365. The predicted octanol–water partition coefficient (Wildman–Crippen LogP) is 3.69. The van der Waals surface area contributed by atoms with E-state index >= 15 is 0 Å². The molecule has 14 heavy (non-hydrogen) atoms. The molecule has 0 saturated carbocycles. The van der Waals surface area contributed by atoms with Crippen molar-refractivity contribution in [2.45, 2.75) is 20.8 Å². The molecule has 2 heteroatoms. The Balaban J connectivity index is 2.80. The SMILES string of the molecule is CC(C)=CC(=O)/C=C(\C)c1cccs1. The summed E-state index contributed by atoms with van der Waals surface area (Å²) >= 11 is 1.65. The summed E-state index contributed by atoms with van der Waals surface area (Å²) in [4.78, 5) is 12.6. The maximum absolute atomic E-state index is 11.4. The summed E-state index contributed by atoms with van der Waals surface area (Å²) < 4.78 is 0. The molecule has 0 aliphatic carbocycles. The molecule has 0 aromatic carbocycles. The normalized spacial score (nSPS) is 11.2. The van der Waals surface area contributed by atoms with Gasteiger partial charge < -0.3 is 0 Å². The lowest BCUT2D eigenvalue weighted by atomic mass is 10.1. The fraction of sp³-hybridized carbons (Fsp3) is 0.250. The Hall–Kier alpha value is -1.15. The second-order valence-electron chi connectivity index (χ2n) is 3.43. The van der Waals surface area contributed by atoms with Crippen LogP contribution in [0.25, 0.3) is 5.57 Å². The molecule has 1 aromatic rings. The van der Waals surface area contributed by atoms with Crippen LogP contribution in [0.5, 0.6) is 0 Å². The van der Waals surface area contributed by atoms with Gasteiger partial charge in [-0.15, -0.1) is 11.3 Å². The average molecular weight is 206 g/mol. The van der Waals surface area contributed by atoms with Crippen LogP contribution in [0.1, 0.15) is 25.6 Å². The fourth-order valence-electron chi connectivity index (χ4n) is 1.11. The molecule has 74 valence electrons. The zero-order valence-corrected chi connectivity index (χ0v) is 9.52. The zero-order chi connectivity index (χ0) is 10.6. The smallest absolute Gasteiger partial charge is 0.178 e. The third-order valence-electron chi connectivity index (χ3n) is 1.70. The lowest BCUT2D eigenvalue weighted by molar-refractivity contribution is -0.110. The Kier molecular flexibility index (Phi) is 3.84. The third-order valence-corrected chi connectivity index (χ3v) is 2.70. The van der Waals surface area contributed by atoms with Crippen LogP contribution in [0.15, 0.2) is 35.2 Å². The lowest BCUT2D eigenvalue weighted by Crippen LogP contribution is -1.88. The van der Waals surface area contributed by atoms with Crippen LogP contribution in [-0.4, -0.2) is 5.78 Å². The van der Waals surface area contributed by atoms with Gasteiger partial charge in [0.2, 0.25) is 0 Å². The van der Waals surface area contributed by atoms with Crippen molar-refractivity contribution in [3.8, 4) is 0 Å². The first kappa shape index (κ1) is 10.9. The van der Waals surface area contributed by atoms with Gasteiger partial charge in [0.15, 0.2) is 5.78 Å². The number of rotatable bonds is 3. The van der Waals surface area contributed by atoms with Crippen molar-refractivity contribution in [1.29, 1.82) is 0 Å². The number of ketones is 1. The van der Waals surface area contributed by atoms with E-state index < -0.39 is 0 Å². The first-order valence-electron chi connectivity index (χ1n) is 4.50. The molecular weight excluding hydrogens is 192 g/mol. The van der Waals surface area contributed by atoms with Gasteiger partial charge in [-0.2, -0.15) is 0 Å². The average Bonchev–Trinajstić information content (AvgIpc) is 2.53. The van der Waals surface area contributed by atoms with E-state index in [-0.39, 0.29) is 5.78 Å². The molecule has 0 bridgehead atoms. The second kappa shape index (κ2) is 4.91. The topological polar surface area (TPSA) is 17.1 Å². The van der Waals surface area contributed by atoms with Crippen LogP contribution in [0.4, 0.5) is 0 Å². The summed E-state index contributed by atoms with van der Waals surface area (Å²) in [7, 11) is 0. The van der Waals surface area contributed by atoms with Gasteiger partial charge >= 0.3 is 0 Å². The molecule has 0 spiro atoms. The molecule has 1 nitrogen and oxygen atoms in total. The highest BCUT2D eigenvalue weighted by atomic mass is 32.1. The fourth-order valence-corrected chi connectivity index (χ4v) is 1.82. The van der Waals surface area contributed by atoms with Crippen molar-refractivity contribution in [1.82, 2.24) is 0 Å². The van der Waals surface area contributed by atoms with Crippen molar-refractivity contribution in [2.24, 2.45) is 0 Å². The van der Waals surface area contributed by atoms with Gasteiger partial charge in [-0.05, 0) is 49.9 Å². The number of allylic oxidation sites excluding steroid dienone is 4. The molecule has 0 N–H and O–H groups in total. The van der Waals surface area contributed by atoms with Gasteiger partial charge in [0.25, 0.3) is 0 Å². The molecule has 0 amide bonds. The zero-order valence-electron chi connectivity index (χ0n) is 8.70. The Morgan fingerprint density at radius 2 is 2.00 bits per heavy atom. The van der Waals surface area contributed by atoms with Crippen molar-refractivity contribution in [3.05, 3.63) is 40.1 Å². The quantitative estimate of drug-likeness (QED) is 0.689. The minimum atomic E-state index is 0.0656. The summed E-state index contributed by atoms with van der Waals surface area (Å²) in [6, 6.07) is 4.01. The van der Waals surface area contributed by atoms with E-state index in [0.717, 1.165) is 16.0 Å². The standard InChI is InChI=1S/C12H14OS/c1-9(2)7-11(13)8-10(3)12-5-4-6-14-12/h4-8H,1-3H3/b10-8+. The maximum atomic E-state index is 11.4. The molecule has 0 saturated heterocycles. The number of hydrogen-bond donors (Lipinski definition) is 0. The van der Waals surface area contributed by atoms with Crippen LogP contribution in [0.3, 0.4) is 0 Å². The van der Waals surface area contributed by atoms with Crippen LogP contribution in [0, 0.1) is 0 Å². The minimum absolute atomic E-state index is 0.0656. The molecule has 0 aliphatic rings. The second-order valence-corrected chi connectivity index (χ2v) is 4.38.